The van der Waals surface area contributed by atoms with Crippen LogP contribution >= 0.6 is 11.8 Å². The Labute approximate surface area is 128 Å². The van der Waals surface area contributed by atoms with Gasteiger partial charge in [0.05, 0.1) is 6.54 Å². The molecule has 0 saturated carbocycles. The van der Waals surface area contributed by atoms with Crippen LogP contribution in [0.25, 0.3) is 0 Å². The number of aromatic nitrogens is 4. The molecule has 4 nitrogen and oxygen atoms in total. The van der Waals surface area contributed by atoms with Crippen molar-refractivity contribution in [3.63, 3.8) is 0 Å². The van der Waals surface area contributed by atoms with Crippen molar-refractivity contribution in [2.24, 2.45) is 0 Å². The van der Waals surface area contributed by atoms with Crippen LogP contribution in [0.1, 0.15) is 16.7 Å². The van der Waals surface area contributed by atoms with Crippen LogP contribution in [0.2, 0.25) is 0 Å². The fraction of sp³-hybridized carbons (Fsp3) is 0.188. The molecule has 0 saturated heterocycles. The van der Waals surface area contributed by atoms with E-state index in [4.69, 9.17) is 0 Å². The smallest absolute Gasteiger partial charge is 0.209 e. The summed E-state index contributed by atoms with van der Waals surface area (Å²) in [7, 11) is 0. The Morgan fingerprint density at radius 2 is 1.76 bits per heavy atom. The van der Waals surface area contributed by atoms with Gasteiger partial charge in [-0.1, -0.05) is 66.4 Å². The fourth-order valence-electron chi connectivity index (χ4n) is 2.07. The molecule has 0 unspecified atom stereocenters. The molecule has 106 valence electrons. The SMILES string of the molecule is Cc1ccccc1CSc1nnnn1Cc1ccccc1. The summed E-state index contributed by atoms with van der Waals surface area (Å²) >= 11 is 1.67. The number of nitrogens with zero attached hydrogens (tertiary/aromatic N) is 4. The fourth-order valence-corrected chi connectivity index (χ4v) is 3.02. The molecule has 3 aromatic rings. The maximum absolute atomic E-state index is 4.12. The third-order valence-electron chi connectivity index (χ3n) is 3.29. The molecule has 0 fully saturated rings. The summed E-state index contributed by atoms with van der Waals surface area (Å²) in [6.45, 7) is 2.83. The first kappa shape index (κ1) is 13.8. The highest BCUT2D eigenvalue weighted by atomic mass is 32.2. The predicted molar refractivity (Wildman–Crippen MR) is 84.1 cm³/mol. The van der Waals surface area contributed by atoms with E-state index < -0.39 is 0 Å². The summed E-state index contributed by atoms with van der Waals surface area (Å²) in [5.41, 5.74) is 3.81. The highest BCUT2D eigenvalue weighted by Gasteiger charge is 2.08. The third-order valence-corrected chi connectivity index (χ3v) is 4.30. The minimum atomic E-state index is 0.698. The van der Waals surface area contributed by atoms with Crippen LogP contribution in [0.15, 0.2) is 59.8 Å². The highest BCUT2D eigenvalue weighted by molar-refractivity contribution is 7.98. The Morgan fingerprint density at radius 3 is 2.57 bits per heavy atom. The molecule has 0 N–H and O–H groups in total. The second-order valence-electron chi connectivity index (χ2n) is 4.82. The quantitative estimate of drug-likeness (QED) is 0.677. The lowest BCUT2D eigenvalue weighted by molar-refractivity contribution is 0.603. The zero-order valence-electron chi connectivity index (χ0n) is 11.8. The lowest BCUT2D eigenvalue weighted by Gasteiger charge is -2.06. The molecule has 21 heavy (non-hydrogen) atoms. The largest absolute Gasteiger partial charge is 0.216 e. The second-order valence-corrected chi connectivity index (χ2v) is 5.76. The van der Waals surface area contributed by atoms with Crippen molar-refractivity contribution in [2.45, 2.75) is 24.4 Å². The van der Waals surface area contributed by atoms with Gasteiger partial charge >= 0.3 is 0 Å². The Hall–Kier alpha value is -2.14. The van der Waals surface area contributed by atoms with E-state index in [-0.39, 0.29) is 0 Å². The van der Waals surface area contributed by atoms with E-state index in [0.29, 0.717) is 6.54 Å². The van der Waals surface area contributed by atoms with Gasteiger partial charge in [-0.2, -0.15) is 0 Å². The molecular weight excluding hydrogens is 280 g/mol. The van der Waals surface area contributed by atoms with Gasteiger partial charge in [0.25, 0.3) is 0 Å². The molecule has 5 heteroatoms. The first-order chi connectivity index (χ1) is 10.3. The number of rotatable bonds is 5. The van der Waals surface area contributed by atoms with Crippen LogP contribution in [-0.4, -0.2) is 20.2 Å². The van der Waals surface area contributed by atoms with Crippen molar-refractivity contribution >= 4 is 11.8 Å². The lowest BCUT2D eigenvalue weighted by Crippen LogP contribution is -2.03. The van der Waals surface area contributed by atoms with E-state index in [1.165, 1.54) is 16.7 Å². The molecule has 0 bridgehead atoms. The average molecular weight is 296 g/mol. The van der Waals surface area contributed by atoms with Gasteiger partial charge in [-0.3, -0.25) is 0 Å². The average Bonchev–Trinajstić information content (AvgIpc) is 2.95. The second kappa shape index (κ2) is 6.54. The van der Waals surface area contributed by atoms with Crippen molar-refractivity contribution in [3.05, 3.63) is 71.3 Å². The minimum absolute atomic E-state index is 0.698. The number of thioether (sulfide) groups is 1. The molecule has 3 rings (SSSR count). The predicted octanol–water partition coefficient (Wildman–Crippen LogP) is 3.32. The first-order valence-electron chi connectivity index (χ1n) is 6.80. The van der Waals surface area contributed by atoms with Gasteiger partial charge in [-0.05, 0) is 34.0 Å². The van der Waals surface area contributed by atoms with Gasteiger partial charge in [-0.25, -0.2) is 4.68 Å². The van der Waals surface area contributed by atoms with Crippen LogP contribution in [-0.2, 0) is 12.3 Å². The van der Waals surface area contributed by atoms with Crippen LogP contribution in [0, 0.1) is 6.92 Å². The maximum Gasteiger partial charge on any atom is 0.209 e. The third kappa shape index (κ3) is 3.49. The number of benzene rings is 2. The topological polar surface area (TPSA) is 43.6 Å². The zero-order valence-corrected chi connectivity index (χ0v) is 12.6. The molecule has 1 heterocycles. The standard InChI is InChI=1S/C16H16N4S/c1-13-7-5-6-10-15(13)12-21-16-17-18-19-20(16)11-14-8-3-2-4-9-14/h2-10H,11-12H2,1H3. The van der Waals surface area contributed by atoms with Gasteiger partial charge < -0.3 is 0 Å². The van der Waals surface area contributed by atoms with E-state index in [1.54, 1.807) is 11.8 Å². The molecular formula is C16H16N4S. The monoisotopic (exact) mass is 296 g/mol. The van der Waals surface area contributed by atoms with Crippen LogP contribution < -0.4 is 0 Å². The van der Waals surface area contributed by atoms with Gasteiger partial charge in [0.15, 0.2) is 0 Å². The van der Waals surface area contributed by atoms with Crippen molar-refractivity contribution in [1.29, 1.82) is 0 Å². The molecule has 0 spiro atoms. The lowest BCUT2D eigenvalue weighted by atomic mass is 10.1. The summed E-state index contributed by atoms with van der Waals surface area (Å²) in [6.07, 6.45) is 0. The Morgan fingerprint density at radius 1 is 1.00 bits per heavy atom. The van der Waals surface area contributed by atoms with E-state index in [2.05, 4.69) is 58.8 Å². The van der Waals surface area contributed by atoms with Crippen LogP contribution in [0.5, 0.6) is 0 Å². The Balaban J connectivity index is 1.70. The van der Waals surface area contributed by atoms with Gasteiger partial charge in [0.2, 0.25) is 5.16 Å². The molecule has 2 aromatic carbocycles. The Kier molecular flexibility index (Phi) is 4.31. The summed E-state index contributed by atoms with van der Waals surface area (Å²) in [5.74, 6) is 0.877. The number of tetrazole rings is 1. The van der Waals surface area contributed by atoms with Gasteiger partial charge in [0.1, 0.15) is 0 Å². The van der Waals surface area contributed by atoms with E-state index >= 15 is 0 Å². The van der Waals surface area contributed by atoms with Crippen molar-refractivity contribution < 1.29 is 0 Å². The first-order valence-corrected chi connectivity index (χ1v) is 7.79. The molecule has 1 aromatic heterocycles. The summed E-state index contributed by atoms with van der Waals surface area (Å²) < 4.78 is 1.85. The van der Waals surface area contributed by atoms with Crippen LogP contribution in [0.3, 0.4) is 0 Å². The van der Waals surface area contributed by atoms with Gasteiger partial charge in [-0.15, -0.1) is 5.10 Å². The Bertz CT molecular complexity index is 709. The van der Waals surface area contributed by atoms with Crippen LogP contribution in [0.4, 0.5) is 0 Å². The van der Waals surface area contributed by atoms with E-state index in [9.17, 15) is 0 Å². The molecule has 0 aliphatic heterocycles. The zero-order chi connectivity index (χ0) is 14.5. The minimum Gasteiger partial charge on any atom is -0.216 e. The summed E-state index contributed by atoms with van der Waals surface area (Å²) in [5, 5.41) is 12.8. The highest BCUT2D eigenvalue weighted by Crippen LogP contribution is 2.22. The van der Waals surface area contributed by atoms with E-state index in [0.717, 1.165) is 10.9 Å². The van der Waals surface area contributed by atoms with Crippen molar-refractivity contribution in [2.75, 3.05) is 0 Å². The van der Waals surface area contributed by atoms with Crippen molar-refractivity contribution in [3.8, 4) is 0 Å². The van der Waals surface area contributed by atoms with Gasteiger partial charge in [0, 0.05) is 5.75 Å². The normalized spacial score (nSPS) is 10.7. The number of hydrogen-bond donors (Lipinski definition) is 0. The summed E-state index contributed by atoms with van der Waals surface area (Å²) in [4.78, 5) is 0. The molecule has 0 radical (unpaired) electrons. The van der Waals surface area contributed by atoms with Crippen molar-refractivity contribution in [1.82, 2.24) is 20.2 Å². The number of aryl methyl sites for hydroxylation is 1. The molecule has 0 amide bonds. The number of hydrogen-bond acceptors (Lipinski definition) is 4. The maximum atomic E-state index is 4.12. The summed E-state index contributed by atoms with van der Waals surface area (Å²) in [6, 6.07) is 18.6. The molecule has 0 atom stereocenters. The molecule has 0 aliphatic carbocycles. The molecule has 0 aliphatic rings. The van der Waals surface area contributed by atoms with E-state index in [1.807, 2.05) is 22.9 Å².